The van der Waals surface area contributed by atoms with Crippen molar-refractivity contribution in [2.75, 3.05) is 14.2 Å². The van der Waals surface area contributed by atoms with Crippen molar-refractivity contribution in [3.05, 3.63) is 53.9 Å². The third-order valence-electron chi connectivity index (χ3n) is 8.05. The number of nitrogens with two attached hydrogens (primary N) is 1. The second-order valence-electron chi connectivity index (χ2n) is 12.0. The molecule has 256 valence electrons. The van der Waals surface area contributed by atoms with Gasteiger partial charge in [-0.25, -0.2) is 9.24 Å². The number of methoxy groups -OCH3 is 1. The minimum atomic E-state index is -4.49. The summed E-state index contributed by atoms with van der Waals surface area (Å²) >= 11 is 0. The van der Waals surface area contributed by atoms with Gasteiger partial charge in [0.1, 0.15) is 41.1 Å². The number of benzene rings is 1. The molecule has 1 aromatic heterocycles. The number of nitrogens with one attached hydrogen (secondary N) is 1. The van der Waals surface area contributed by atoms with E-state index in [9.17, 15) is 18.9 Å². The van der Waals surface area contributed by atoms with E-state index in [1.54, 1.807) is 77.1 Å². The van der Waals surface area contributed by atoms with Gasteiger partial charge >= 0.3 is 25.7 Å². The van der Waals surface area contributed by atoms with Crippen LogP contribution in [0.4, 0.5) is 0 Å². The summed E-state index contributed by atoms with van der Waals surface area (Å²) < 4.78 is 51.4. The number of fused-ring (bicyclic) bond motifs is 1. The smallest absolute Gasteiger partial charge is 0.459 e. The first-order valence-electron chi connectivity index (χ1n) is 15.0. The maximum absolute atomic E-state index is 14.5. The van der Waals surface area contributed by atoms with Crippen molar-refractivity contribution in [1.29, 1.82) is 0 Å². The SMILES string of the molecule is C=Nn1c(C(N)=NC)ccc1[C@@H]1O[C@]2(C)C(O[P@](=O)(N[C@@H](C)C(=O)OC)Oc3ccccc3)[C@]2(OC(=O)C(C)C)[C@H]1OC(=O)C(C)C. The minimum Gasteiger partial charge on any atom is -0.468 e. The molecule has 1 unspecified atom stereocenters. The Morgan fingerprint density at radius 1 is 1.04 bits per heavy atom. The second-order valence-corrected chi connectivity index (χ2v) is 13.6. The van der Waals surface area contributed by atoms with Crippen LogP contribution in [0.25, 0.3) is 0 Å². The molecule has 1 aromatic carbocycles. The fraction of sp³-hybridized carbons (Fsp3) is 0.516. The number of hydrogen-bond acceptors (Lipinski definition) is 12. The third-order valence-corrected chi connectivity index (χ3v) is 9.69. The predicted octanol–water partition coefficient (Wildman–Crippen LogP) is 3.36. The van der Waals surface area contributed by atoms with Crippen molar-refractivity contribution in [3.63, 3.8) is 0 Å². The monoisotopic (exact) mass is 675 g/mol. The van der Waals surface area contributed by atoms with Crippen LogP contribution in [0.3, 0.4) is 0 Å². The predicted molar refractivity (Wildman–Crippen MR) is 171 cm³/mol. The number of esters is 3. The fourth-order valence-corrected chi connectivity index (χ4v) is 7.19. The molecule has 1 saturated carbocycles. The molecular formula is C31H42N5O10P. The fourth-order valence-electron chi connectivity index (χ4n) is 5.42. The number of aliphatic imine (C=N–C) groups is 1. The number of ether oxygens (including phenoxy) is 4. The average molecular weight is 676 g/mol. The Morgan fingerprint density at radius 3 is 2.23 bits per heavy atom. The van der Waals surface area contributed by atoms with Crippen LogP contribution in [0.5, 0.6) is 5.75 Å². The number of carbonyl (C=O) groups is 3. The highest BCUT2D eigenvalue weighted by atomic mass is 31.2. The lowest BCUT2D eigenvalue weighted by atomic mass is 10.0. The maximum Gasteiger partial charge on any atom is 0.459 e. The molecule has 1 aliphatic carbocycles. The summed E-state index contributed by atoms with van der Waals surface area (Å²) in [6, 6.07) is 10.3. The Labute approximate surface area is 273 Å². The quantitative estimate of drug-likeness (QED) is 0.0977. The van der Waals surface area contributed by atoms with E-state index in [1.807, 2.05) is 0 Å². The van der Waals surface area contributed by atoms with E-state index in [0.717, 1.165) is 0 Å². The zero-order valence-corrected chi connectivity index (χ0v) is 28.6. The first-order chi connectivity index (χ1) is 22.1. The lowest BCUT2D eigenvalue weighted by Crippen LogP contribution is -2.45. The molecule has 0 amide bonds. The van der Waals surface area contributed by atoms with Gasteiger partial charge in [-0.05, 0) is 38.1 Å². The molecule has 3 N–H and O–H groups in total. The summed E-state index contributed by atoms with van der Waals surface area (Å²) in [5.74, 6) is -2.92. The van der Waals surface area contributed by atoms with Gasteiger partial charge in [0.2, 0.25) is 5.60 Å². The maximum atomic E-state index is 14.5. The Balaban J connectivity index is 1.85. The van der Waals surface area contributed by atoms with E-state index >= 15 is 0 Å². The van der Waals surface area contributed by atoms with Crippen molar-refractivity contribution in [2.45, 2.75) is 77.1 Å². The van der Waals surface area contributed by atoms with E-state index in [1.165, 1.54) is 25.8 Å². The van der Waals surface area contributed by atoms with Crippen LogP contribution in [0.15, 0.2) is 52.6 Å². The second kappa shape index (κ2) is 13.6. The molecule has 47 heavy (non-hydrogen) atoms. The number of rotatable bonds is 14. The number of para-hydroxylation sites is 1. The molecular weight excluding hydrogens is 633 g/mol. The van der Waals surface area contributed by atoms with Gasteiger partial charge in [-0.15, -0.1) is 0 Å². The summed E-state index contributed by atoms with van der Waals surface area (Å²) in [6.07, 6.45) is -3.77. The van der Waals surface area contributed by atoms with E-state index in [0.29, 0.717) is 11.4 Å². The highest BCUT2D eigenvalue weighted by molar-refractivity contribution is 7.52. The molecule has 15 nitrogen and oxygen atoms in total. The molecule has 2 heterocycles. The highest BCUT2D eigenvalue weighted by Crippen LogP contribution is 2.71. The molecule has 1 aliphatic heterocycles. The van der Waals surface area contributed by atoms with Crippen LogP contribution in [-0.2, 0) is 42.4 Å². The Bertz CT molecular complexity index is 1590. The van der Waals surface area contributed by atoms with Crippen LogP contribution < -0.4 is 15.3 Å². The van der Waals surface area contributed by atoms with Crippen molar-refractivity contribution < 1.29 is 46.9 Å². The zero-order valence-electron chi connectivity index (χ0n) is 27.7. The summed E-state index contributed by atoms with van der Waals surface area (Å²) in [5, 5.41) is 6.68. The molecule has 7 atom stereocenters. The van der Waals surface area contributed by atoms with Gasteiger partial charge in [-0.2, -0.15) is 10.2 Å². The van der Waals surface area contributed by atoms with Gasteiger partial charge in [0.05, 0.1) is 24.6 Å². The lowest BCUT2D eigenvalue weighted by Gasteiger charge is -2.31. The summed E-state index contributed by atoms with van der Waals surface area (Å²) in [7, 11) is -1.80. The van der Waals surface area contributed by atoms with E-state index in [2.05, 4.69) is 21.9 Å². The van der Waals surface area contributed by atoms with E-state index in [4.69, 9.17) is 33.7 Å². The van der Waals surface area contributed by atoms with Gasteiger partial charge in [-0.1, -0.05) is 45.9 Å². The number of hydrogen-bond donors (Lipinski definition) is 2. The molecule has 2 aromatic rings. The van der Waals surface area contributed by atoms with Crippen molar-refractivity contribution in [2.24, 2.45) is 27.7 Å². The van der Waals surface area contributed by atoms with Crippen LogP contribution in [0.1, 0.15) is 59.0 Å². The van der Waals surface area contributed by atoms with Gasteiger partial charge in [-0.3, -0.25) is 23.9 Å². The normalized spacial score (nSPS) is 27.0. The van der Waals surface area contributed by atoms with Gasteiger partial charge in [0.15, 0.2) is 6.10 Å². The van der Waals surface area contributed by atoms with Crippen LogP contribution in [0, 0.1) is 11.8 Å². The molecule has 16 heteroatoms. The molecule has 2 fully saturated rings. The zero-order chi connectivity index (χ0) is 34.9. The first-order valence-corrected chi connectivity index (χ1v) is 16.5. The Hall–Kier alpha value is -4.04. The standard InChI is InChI=1S/C31H42N5O10P/c1-17(2)26(37)42-24-23(21-15-16-22(25(32)33-7)36(21)34-8)43-30(6)29(31(24,30)44-27(38)18(3)4)46-47(40,35-19(5)28(39)41-9)45-20-13-11-10-12-14-20/h10-19,23-24,29H,8H2,1-7,9H3,(H2,32,33)(H,35,40)/t19-,23-,24-,29?,30+,31+,47-/m0/s1. The largest absolute Gasteiger partial charge is 0.468 e. The average Bonchev–Trinajstić information content (AvgIpc) is 3.30. The van der Waals surface area contributed by atoms with Gasteiger partial charge in [0, 0.05) is 13.8 Å². The topological polar surface area (TPSA) is 191 Å². The molecule has 0 bridgehead atoms. The molecule has 1 saturated heterocycles. The number of amidine groups is 1. The molecule has 0 radical (unpaired) electrons. The van der Waals surface area contributed by atoms with Gasteiger partial charge in [0.25, 0.3) is 0 Å². The van der Waals surface area contributed by atoms with E-state index in [-0.39, 0.29) is 11.6 Å². The van der Waals surface area contributed by atoms with Crippen molar-refractivity contribution >= 4 is 38.2 Å². The van der Waals surface area contributed by atoms with Crippen LogP contribution in [-0.4, -0.2) is 78.7 Å². The molecule has 0 spiro atoms. The molecule has 2 aliphatic rings. The first kappa shape index (κ1) is 35.8. The number of carbonyl (C=O) groups excluding carboxylic acids is 3. The highest BCUT2D eigenvalue weighted by Gasteiger charge is 2.91. The van der Waals surface area contributed by atoms with Crippen molar-refractivity contribution in [3.8, 4) is 5.75 Å². The van der Waals surface area contributed by atoms with Crippen molar-refractivity contribution in [1.82, 2.24) is 9.76 Å². The molecule has 4 rings (SSSR count). The lowest BCUT2D eigenvalue weighted by molar-refractivity contribution is -0.181. The van der Waals surface area contributed by atoms with E-state index < -0.39 is 73.0 Å². The van der Waals surface area contributed by atoms with Gasteiger partial charge < -0.3 is 29.2 Å². The number of aromatic nitrogens is 1. The van der Waals surface area contributed by atoms with Crippen LogP contribution in [0.2, 0.25) is 0 Å². The Kier molecular flexibility index (Phi) is 10.4. The summed E-state index contributed by atoms with van der Waals surface area (Å²) in [5.41, 5.74) is 3.45. The minimum absolute atomic E-state index is 0.153. The summed E-state index contributed by atoms with van der Waals surface area (Å²) in [6.45, 7) is 13.2. The third kappa shape index (κ3) is 6.57. The van der Waals surface area contributed by atoms with Crippen LogP contribution >= 0.6 is 7.75 Å². The Morgan fingerprint density at radius 2 is 1.68 bits per heavy atom. The summed E-state index contributed by atoms with van der Waals surface area (Å²) in [4.78, 5) is 42.9. The number of nitrogens with zero attached hydrogens (tertiary/aromatic N) is 3.